The lowest BCUT2D eigenvalue weighted by Gasteiger charge is -2.12. The Labute approximate surface area is 61.0 Å². The number of likely N-dealkylation sites (tertiary alicyclic amines) is 1. The van der Waals surface area contributed by atoms with Crippen molar-refractivity contribution in [1.82, 2.24) is 4.90 Å². The van der Waals surface area contributed by atoms with Crippen LogP contribution in [0.1, 0.15) is 13.3 Å². The zero-order valence-corrected chi connectivity index (χ0v) is 6.46. The Morgan fingerprint density at radius 3 is 2.80 bits per heavy atom. The molecule has 1 rings (SSSR count). The van der Waals surface area contributed by atoms with Crippen molar-refractivity contribution in [1.29, 1.82) is 0 Å². The zero-order chi connectivity index (χ0) is 7.56. The Morgan fingerprint density at radius 1 is 1.80 bits per heavy atom. The summed E-state index contributed by atoms with van der Waals surface area (Å²) >= 11 is 0. The summed E-state index contributed by atoms with van der Waals surface area (Å²) in [6.45, 7) is 3.56. The first-order chi connectivity index (χ1) is 4.77. The van der Waals surface area contributed by atoms with E-state index >= 15 is 0 Å². The molecule has 0 aromatic heterocycles. The maximum atomic E-state index is 11.0. The number of hydrogen-bond donors (Lipinski definition) is 0. The van der Waals surface area contributed by atoms with Crippen LogP contribution in [0.5, 0.6) is 0 Å². The van der Waals surface area contributed by atoms with Gasteiger partial charge in [0.15, 0.2) is 0 Å². The second-order valence-electron chi connectivity index (χ2n) is 2.49. The van der Waals surface area contributed by atoms with Gasteiger partial charge in [0.05, 0.1) is 12.5 Å². The topological polar surface area (TPSA) is 29.5 Å². The molecule has 1 heterocycles. The van der Waals surface area contributed by atoms with Gasteiger partial charge in [-0.1, -0.05) is 0 Å². The number of methoxy groups -OCH3 is 1. The van der Waals surface area contributed by atoms with Gasteiger partial charge < -0.3 is 9.64 Å². The molecule has 0 radical (unpaired) electrons. The van der Waals surface area contributed by atoms with Crippen LogP contribution in [0.2, 0.25) is 0 Å². The smallest absolute Gasteiger partial charge is 0.225 e. The van der Waals surface area contributed by atoms with E-state index in [-0.39, 0.29) is 12.0 Å². The van der Waals surface area contributed by atoms with Gasteiger partial charge in [-0.25, -0.2) is 0 Å². The predicted molar refractivity (Wildman–Crippen MR) is 37.7 cm³/mol. The third kappa shape index (κ3) is 1.29. The lowest BCUT2D eigenvalue weighted by Crippen LogP contribution is -2.25. The van der Waals surface area contributed by atoms with Crippen LogP contribution in [0, 0.1) is 0 Å². The molecule has 3 nitrogen and oxygen atoms in total. The van der Waals surface area contributed by atoms with Gasteiger partial charge in [0, 0.05) is 20.2 Å². The second kappa shape index (κ2) is 3.01. The highest BCUT2D eigenvalue weighted by molar-refractivity contribution is 5.78. The van der Waals surface area contributed by atoms with Crippen molar-refractivity contribution >= 4 is 5.91 Å². The molecular formula is C7H13NO2. The first-order valence-electron chi connectivity index (χ1n) is 3.58. The molecule has 10 heavy (non-hydrogen) atoms. The summed E-state index contributed by atoms with van der Waals surface area (Å²) in [6, 6.07) is 0. The Bertz CT molecular complexity index is 136. The fourth-order valence-corrected chi connectivity index (χ4v) is 1.20. The molecule has 0 aromatic carbocycles. The first kappa shape index (κ1) is 7.54. The van der Waals surface area contributed by atoms with E-state index in [1.165, 1.54) is 0 Å². The first-order valence-corrected chi connectivity index (χ1v) is 3.58. The highest BCUT2D eigenvalue weighted by atomic mass is 16.5. The van der Waals surface area contributed by atoms with Gasteiger partial charge in [-0.2, -0.15) is 0 Å². The van der Waals surface area contributed by atoms with Crippen LogP contribution >= 0.6 is 0 Å². The maximum absolute atomic E-state index is 11.0. The minimum Gasteiger partial charge on any atom is -0.379 e. The number of carbonyl (C=O) groups excluding carboxylic acids is 1. The van der Waals surface area contributed by atoms with Crippen molar-refractivity contribution in [3.05, 3.63) is 0 Å². The molecule has 58 valence electrons. The number of ether oxygens (including phenoxy) is 1. The molecule has 0 bridgehead atoms. The lowest BCUT2D eigenvalue weighted by atomic mass is 10.3. The van der Waals surface area contributed by atoms with Crippen molar-refractivity contribution in [3.63, 3.8) is 0 Å². The fraction of sp³-hybridized carbons (Fsp3) is 0.857. The number of hydrogen-bond acceptors (Lipinski definition) is 2. The number of nitrogens with zero attached hydrogens (tertiary/aromatic N) is 1. The average Bonchev–Trinajstić information content (AvgIpc) is 2.30. The van der Waals surface area contributed by atoms with Crippen LogP contribution in [0.4, 0.5) is 0 Å². The van der Waals surface area contributed by atoms with E-state index in [0.717, 1.165) is 13.1 Å². The summed E-state index contributed by atoms with van der Waals surface area (Å²) in [5.74, 6) is 0.217. The van der Waals surface area contributed by atoms with Crippen LogP contribution in [0.15, 0.2) is 0 Å². The van der Waals surface area contributed by atoms with Crippen molar-refractivity contribution in [2.75, 3.05) is 20.2 Å². The molecule has 1 atom stereocenters. The van der Waals surface area contributed by atoms with E-state index in [1.807, 2.05) is 11.8 Å². The molecule has 0 spiro atoms. The minimum absolute atomic E-state index is 0.132. The molecule has 1 fully saturated rings. The standard InChI is InChI=1S/C7H13NO2/c1-3-8-5-6(10-2)4-7(8)9/h6H,3-5H2,1-2H3. The molecular weight excluding hydrogens is 130 g/mol. The summed E-state index contributed by atoms with van der Waals surface area (Å²) in [4.78, 5) is 12.8. The number of carbonyl (C=O) groups is 1. The highest BCUT2D eigenvalue weighted by Gasteiger charge is 2.27. The SMILES string of the molecule is CCN1CC(OC)CC1=O. The lowest BCUT2D eigenvalue weighted by molar-refractivity contribution is -0.127. The monoisotopic (exact) mass is 143 g/mol. The maximum Gasteiger partial charge on any atom is 0.225 e. The molecule has 1 aliphatic heterocycles. The molecule has 0 N–H and O–H groups in total. The van der Waals surface area contributed by atoms with Crippen LogP contribution in [-0.2, 0) is 9.53 Å². The summed E-state index contributed by atoms with van der Waals surface area (Å²) in [6.07, 6.45) is 0.692. The van der Waals surface area contributed by atoms with E-state index < -0.39 is 0 Å². The van der Waals surface area contributed by atoms with Crippen LogP contribution in [-0.4, -0.2) is 37.1 Å². The summed E-state index contributed by atoms with van der Waals surface area (Å²) in [5, 5.41) is 0. The van der Waals surface area contributed by atoms with Gasteiger partial charge in [0.1, 0.15) is 0 Å². The normalized spacial score (nSPS) is 26.0. The number of amides is 1. The van der Waals surface area contributed by atoms with Gasteiger partial charge in [-0.05, 0) is 6.92 Å². The number of rotatable bonds is 2. The second-order valence-corrected chi connectivity index (χ2v) is 2.49. The largest absolute Gasteiger partial charge is 0.379 e. The van der Waals surface area contributed by atoms with Crippen molar-refractivity contribution in [2.24, 2.45) is 0 Å². The summed E-state index contributed by atoms with van der Waals surface area (Å²) in [7, 11) is 1.65. The average molecular weight is 143 g/mol. The van der Waals surface area contributed by atoms with Gasteiger partial charge in [0.25, 0.3) is 0 Å². The molecule has 1 amide bonds. The Kier molecular flexibility index (Phi) is 2.27. The van der Waals surface area contributed by atoms with E-state index in [0.29, 0.717) is 6.42 Å². The van der Waals surface area contributed by atoms with Crippen LogP contribution in [0.25, 0.3) is 0 Å². The van der Waals surface area contributed by atoms with E-state index in [9.17, 15) is 4.79 Å². The molecule has 0 aromatic rings. The van der Waals surface area contributed by atoms with E-state index in [1.54, 1.807) is 7.11 Å². The molecule has 0 aliphatic carbocycles. The van der Waals surface area contributed by atoms with Gasteiger partial charge in [0.2, 0.25) is 5.91 Å². The highest BCUT2D eigenvalue weighted by Crippen LogP contribution is 2.12. The van der Waals surface area contributed by atoms with E-state index in [2.05, 4.69) is 0 Å². The Balaban J connectivity index is 2.44. The van der Waals surface area contributed by atoms with Crippen LogP contribution in [0.3, 0.4) is 0 Å². The third-order valence-electron chi connectivity index (χ3n) is 1.89. The van der Waals surface area contributed by atoms with Crippen LogP contribution < -0.4 is 0 Å². The van der Waals surface area contributed by atoms with Crippen molar-refractivity contribution < 1.29 is 9.53 Å². The fourth-order valence-electron chi connectivity index (χ4n) is 1.20. The van der Waals surface area contributed by atoms with Gasteiger partial charge in [-0.3, -0.25) is 4.79 Å². The minimum atomic E-state index is 0.132. The zero-order valence-electron chi connectivity index (χ0n) is 6.46. The predicted octanol–water partition coefficient (Wildman–Crippen LogP) is 0.254. The Hall–Kier alpha value is -0.570. The molecule has 1 saturated heterocycles. The number of likely N-dealkylation sites (N-methyl/N-ethyl adjacent to an activating group) is 1. The van der Waals surface area contributed by atoms with Crippen molar-refractivity contribution in [3.8, 4) is 0 Å². The molecule has 1 unspecified atom stereocenters. The van der Waals surface area contributed by atoms with Gasteiger partial charge >= 0.3 is 0 Å². The molecule has 1 aliphatic rings. The summed E-state index contributed by atoms with van der Waals surface area (Å²) in [5.41, 5.74) is 0. The van der Waals surface area contributed by atoms with E-state index in [4.69, 9.17) is 4.74 Å². The Morgan fingerprint density at radius 2 is 2.50 bits per heavy atom. The summed E-state index contributed by atoms with van der Waals surface area (Å²) < 4.78 is 5.05. The molecule has 0 saturated carbocycles. The van der Waals surface area contributed by atoms with Crippen molar-refractivity contribution in [2.45, 2.75) is 19.4 Å². The quantitative estimate of drug-likeness (QED) is 0.554. The third-order valence-corrected chi connectivity index (χ3v) is 1.89. The van der Waals surface area contributed by atoms with Gasteiger partial charge in [-0.15, -0.1) is 0 Å². The molecule has 3 heteroatoms.